The van der Waals surface area contributed by atoms with E-state index in [1.807, 2.05) is 36.4 Å². The third-order valence-electron chi connectivity index (χ3n) is 4.71. The van der Waals surface area contributed by atoms with Crippen molar-refractivity contribution in [2.24, 2.45) is 0 Å². The first-order valence-electron chi connectivity index (χ1n) is 9.18. The predicted octanol–water partition coefficient (Wildman–Crippen LogP) is 4.08. The van der Waals surface area contributed by atoms with Gasteiger partial charge < -0.3 is 4.74 Å². The maximum Gasteiger partial charge on any atom is 0.269 e. The summed E-state index contributed by atoms with van der Waals surface area (Å²) in [6, 6.07) is 19.2. The molecule has 2 heterocycles. The van der Waals surface area contributed by atoms with Crippen molar-refractivity contribution in [3.63, 3.8) is 0 Å². The van der Waals surface area contributed by atoms with Crippen LogP contribution < -0.4 is 4.74 Å². The van der Waals surface area contributed by atoms with Gasteiger partial charge in [0.25, 0.3) is 5.69 Å². The van der Waals surface area contributed by atoms with Gasteiger partial charge >= 0.3 is 0 Å². The fourth-order valence-corrected chi connectivity index (χ4v) is 3.39. The van der Waals surface area contributed by atoms with Crippen LogP contribution in [0.1, 0.15) is 11.3 Å². The summed E-state index contributed by atoms with van der Waals surface area (Å²) in [6.07, 6.45) is 0. The average Bonchev–Trinajstić information content (AvgIpc) is 3.13. The molecule has 150 valence electrons. The van der Waals surface area contributed by atoms with E-state index in [2.05, 4.69) is 16.2 Å². The van der Waals surface area contributed by atoms with Gasteiger partial charge in [-0.1, -0.05) is 18.2 Å². The second-order valence-corrected chi connectivity index (χ2v) is 6.56. The van der Waals surface area contributed by atoms with Crippen molar-refractivity contribution in [1.82, 2.24) is 14.8 Å². The maximum atomic E-state index is 11.1. The fraction of sp³-hybridized carbons (Fsp3) is 0.0909. The van der Waals surface area contributed by atoms with Gasteiger partial charge in [-0.2, -0.15) is 20.6 Å². The van der Waals surface area contributed by atoms with Crippen LogP contribution in [0, 0.1) is 39.7 Å². The highest BCUT2D eigenvalue weighted by Gasteiger charge is 2.24. The summed E-state index contributed by atoms with van der Waals surface area (Å²) < 4.78 is 7.10. The average molecular weight is 410 g/mol. The molecule has 0 bridgehead atoms. The number of para-hydroxylation sites is 1. The molecule has 31 heavy (non-hydrogen) atoms. The zero-order valence-corrected chi connectivity index (χ0v) is 16.3. The lowest BCUT2D eigenvalue weighted by Gasteiger charge is -2.12. The van der Waals surface area contributed by atoms with Crippen LogP contribution >= 0.6 is 0 Å². The highest BCUT2D eigenvalue weighted by Crippen LogP contribution is 2.38. The van der Waals surface area contributed by atoms with Gasteiger partial charge in [0.05, 0.1) is 21.7 Å². The number of nitrogens with zero attached hydrogens (tertiary/aromatic N) is 6. The highest BCUT2D eigenvalue weighted by atomic mass is 16.6. The molecule has 4 aromatic rings. The zero-order valence-electron chi connectivity index (χ0n) is 16.3. The summed E-state index contributed by atoms with van der Waals surface area (Å²) in [6.45, 7) is 1.51. The summed E-state index contributed by atoms with van der Waals surface area (Å²) in [5.74, 6) is 0.00184. The fourth-order valence-electron chi connectivity index (χ4n) is 3.39. The number of nitriles is 2. The molecule has 0 spiro atoms. The van der Waals surface area contributed by atoms with Crippen LogP contribution in [0.5, 0.6) is 5.88 Å². The van der Waals surface area contributed by atoms with Crippen LogP contribution in [0.3, 0.4) is 0 Å². The van der Waals surface area contributed by atoms with Gasteiger partial charge in [-0.15, -0.1) is 0 Å². The lowest BCUT2D eigenvalue weighted by molar-refractivity contribution is -0.384. The molecule has 2 aromatic carbocycles. The molecule has 0 aliphatic rings. The summed E-state index contributed by atoms with van der Waals surface area (Å²) >= 11 is 0. The number of non-ortho nitro benzene ring substituents is 1. The molecule has 0 N–H and O–H groups in total. The number of hydrogen-bond donors (Lipinski definition) is 0. The Morgan fingerprint density at radius 1 is 1.13 bits per heavy atom. The highest BCUT2D eigenvalue weighted by molar-refractivity contribution is 5.99. The third kappa shape index (κ3) is 3.41. The van der Waals surface area contributed by atoms with Crippen molar-refractivity contribution in [3.05, 3.63) is 76.0 Å². The number of nitro groups is 1. The van der Waals surface area contributed by atoms with Gasteiger partial charge in [0.1, 0.15) is 17.7 Å². The number of hydrogen-bond acceptors (Lipinski definition) is 7. The molecule has 0 fully saturated rings. The van der Waals surface area contributed by atoms with Crippen molar-refractivity contribution in [2.75, 3.05) is 6.61 Å². The van der Waals surface area contributed by atoms with E-state index in [4.69, 9.17) is 10.00 Å². The molecule has 9 nitrogen and oxygen atoms in total. The Morgan fingerprint density at radius 3 is 2.45 bits per heavy atom. The summed E-state index contributed by atoms with van der Waals surface area (Å²) in [7, 11) is 0. The van der Waals surface area contributed by atoms with Crippen LogP contribution in [0.25, 0.3) is 27.8 Å². The number of benzene rings is 2. The molecule has 9 heteroatoms. The second-order valence-electron chi connectivity index (χ2n) is 6.56. The predicted molar refractivity (Wildman–Crippen MR) is 112 cm³/mol. The first-order chi connectivity index (χ1) is 15.0. The number of ether oxygens (including phenoxy) is 1. The minimum absolute atomic E-state index is 0.00184. The molecule has 0 saturated carbocycles. The molecule has 2 aromatic heterocycles. The Labute approximate surface area is 176 Å². The molecule has 4 rings (SSSR count). The first kappa shape index (κ1) is 19.6. The van der Waals surface area contributed by atoms with Crippen LogP contribution in [0.4, 0.5) is 5.69 Å². The quantitative estimate of drug-likeness (QED) is 0.358. The number of rotatable bonds is 5. The van der Waals surface area contributed by atoms with Crippen molar-refractivity contribution < 1.29 is 9.66 Å². The minimum Gasteiger partial charge on any atom is -0.461 e. The van der Waals surface area contributed by atoms with E-state index in [0.29, 0.717) is 27.9 Å². The molecular weight excluding hydrogens is 396 g/mol. The van der Waals surface area contributed by atoms with Gasteiger partial charge in [0.2, 0.25) is 5.88 Å². The lowest BCUT2D eigenvalue weighted by atomic mass is 9.97. The molecule has 0 atom stereocenters. The van der Waals surface area contributed by atoms with Crippen LogP contribution in [-0.4, -0.2) is 26.3 Å². The van der Waals surface area contributed by atoms with Gasteiger partial charge in [-0.3, -0.25) is 10.1 Å². The molecule has 0 aliphatic heterocycles. The Morgan fingerprint density at radius 2 is 1.84 bits per heavy atom. The number of pyridine rings is 1. The SMILES string of the molecule is Cc1nn(-c2ccccc2)c2nc(OCC#N)c(C#N)c(-c3ccc([N+](=O)[O-])cc3)c12. The van der Waals surface area contributed by atoms with Crippen molar-refractivity contribution in [2.45, 2.75) is 6.92 Å². The smallest absolute Gasteiger partial charge is 0.269 e. The second kappa shape index (κ2) is 7.93. The van der Waals surface area contributed by atoms with E-state index < -0.39 is 4.92 Å². The lowest BCUT2D eigenvalue weighted by Crippen LogP contribution is -2.04. The van der Waals surface area contributed by atoms with E-state index in [9.17, 15) is 15.4 Å². The number of aromatic nitrogens is 3. The van der Waals surface area contributed by atoms with E-state index in [-0.39, 0.29) is 23.7 Å². The summed E-state index contributed by atoms with van der Waals surface area (Å²) in [4.78, 5) is 15.1. The Bertz CT molecular complexity index is 1380. The topological polar surface area (TPSA) is 131 Å². The first-order valence-corrected chi connectivity index (χ1v) is 9.18. The standard InChI is InChI=1S/C22H14N6O3/c1-14-19-20(15-7-9-17(10-8-15)28(29)30)18(13-24)22(31-12-11-23)25-21(19)27(26-14)16-5-3-2-4-6-16/h2-10H,12H2,1H3. The molecule has 0 saturated heterocycles. The number of aryl methyl sites for hydroxylation is 1. The molecule has 0 radical (unpaired) electrons. The molecule has 0 unspecified atom stereocenters. The maximum absolute atomic E-state index is 11.1. The van der Waals surface area contributed by atoms with Crippen LogP contribution in [-0.2, 0) is 0 Å². The largest absolute Gasteiger partial charge is 0.461 e. The van der Waals surface area contributed by atoms with Gasteiger partial charge in [-0.05, 0) is 36.8 Å². The van der Waals surface area contributed by atoms with Gasteiger partial charge in [0.15, 0.2) is 12.3 Å². The number of nitro benzene ring substituents is 1. The summed E-state index contributed by atoms with van der Waals surface area (Å²) in [5, 5.41) is 35.1. The van der Waals surface area contributed by atoms with Gasteiger partial charge in [-0.25, -0.2) is 4.68 Å². The Hall–Kier alpha value is -4.76. The van der Waals surface area contributed by atoms with Crippen LogP contribution in [0.2, 0.25) is 0 Å². The molecule has 0 aliphatic carbocycles. The monoisotopic (exact) mass is 410 g/mol. The van der Waals surface area contributed by atoms with Crippen molar-refractivity contribution in [3.8, 4) is 34.8 Å². The Balaban J connectivity index is 2.07. The number of fused-ring (bicyclic) bond motifs is 1. The summed E-state index contributed by atoms with van der Waals surface area (Å²) in [5.41, 5.74) is 2.98. The van der Waals surface area contributed by atoms with Crippen LogP contribution in [0.15, 0.2) is 54.6 Å². The molecule has 0 amide bonds. The normalized spacial score (nSPS) is 10.4. The Kier molecular flexibility index (Phi) is 5.00. The van der Waals surface area contributed by atoms with E-state index >= 15 is 0 Å². The zero-order chi connectivity index (χ0) is 22.0. The van der Waals surface area contributed by atoms with Gasteiger partial charge in [0, 0.05) is 17.7 Å². The van der Waals surface area contributed by atoms with Crippen molar-refractivity contribution in [1.29, 1.82) is 10.5 Å². The third-order valence-corrected chi connectivity index (χ3v) is 4.71. The van der Waals surface area contributed by atoms with E-state index in [1.54, 1.807) is 23.7 Å². The van der Waals surface area contributed by atoms with Crippen molar-refractivity contribution >= 4 is 16.7 Å². The van der Waals surface area contributed by atoms with E-state index in [0.717, 1.165) is 5.69 Å². The van der Waals surface area contributed by atoms with E-state index in [1.165, 1.54) is 12.1 Å². The minimum atomic E-state index is -0.489. The molecular formula is C22H14N6O3.